The highest BCUT2D eigenvalue weighted by Gasteiger charge is 2.16. The van der Waals surface area contributed by atoms with Gasteiger partial charge in [-0.2, -0.15) is 0 Å². The Labute approximate surface area is 290 Å². The second-order valence-corrected chi connectivity index (χ2v) is 11.9. The molecule has 0 saturated heterocycles. The first-order valence-corrected chi connectivity index (χ1v) is 15.8. The lowest BCUT2D eigenvalue weighted by molar-refractivity contribution is 0.441. The molecule has 11 nitrogen and oxygen atoms in total. The molecule has 6 rings (SSSR count). The van der Waals surface area contributed by atoms with E-state index in [0.717, 1.165) is 22.5 Å². The smallest absolute Gasteiger partial charge is 0.147 e. The summed E-state index contributed by atoms with van der Waals surface area (Å²) in [5.41, 5.74) is 30.9. The molecule has 0 aromatic heterocycles. The Hall–Kier alpha value is -6.59. The minimum Gasteiger partial charge on any atom is -0.507 e. The molecule has 50 heavy (non-hydrogen) atoms. The van der Waals surface area contributed by atoms with Gasteiger partial charge in [0.1, 0.15) is 28.7 Å². The number of nitrogens with zero attached hydrogens (tertiary/aromatic N) is 1. The van der Waals surface area contributed by atoms with Gasteiger partial charge in [0, 0.05) is 57.6 Å². The fraction of sp³-hybridized carbons (Fsp3) is 0.103. The molecule has 0 spiro atoms. The third-order valence-corrected chi connectivity index (χ3v) is 8.06. The minimum absolute atomic E-state index is 0.0235. The zero-order valence-corrected chi connectivity index (χ0v) is 27.7. The molecule has 0 heterocycles. The summed E-state index contributed by atoms with van der Waals surface area (Å²) in [7, 11) is 0. The first-order valence-electron chi connectivity index (χ1n) is 15.8. The predicted octanol–water partition coefficient (Wildman–Crippen LogP) is 7.16. The standard InChI is InChI=1S/C20H21N3O2.C19H20N4O2/c1-12-19(24)14(10-13-2-4-15(21)5-3-13)11-18(20(12)25)23-17-8-6-16(22)7-9-17;1-11-18(24)16(22-14-6-2-12(20)3-7-14)10-17(19(11)25)23-15-8-4-13(21)5-9-15/h2-9,11,23-25H,10,21-22H2,1H3;2-10,12,23-25H,20-21H2,1H3. The molecular weight excluding hydrogens is 630 g/mol. The molecule has 1 aliphatic rings. The van der Waals surface area contributed by atoms with Crippen molar-refractivity contribution in [1.82, 2.24) is 0 Å². The minimum atomic E-state index is -0.128. The Kier molecular flexibility index (Phi) is 10.5. The number of nitrogens with one attached hydrogen (secondary N) is 2. The zero-order chi connectivity index (χ0) is 35.9. The van der Waals surface area contributed by atoms with Crippen LogP contribution in [0.15, 0.2) is 114 Å². The molecular formula is C39H41N7O4. The van der Waals surface area contributed by atoms with Crippen LogP contribution in [0.1, 0.15) is 22.3 Å². The normalized spacial score (nSPS) is 13.3. The predicted molar refractivity (Wildman–Crippen MR) is 204 cm³/mol. The third kappa shape index (κ3) is 8.46. The topological polar surface area (TPSA) is 221 Å². The summed E-state index contributed by atoms with van der Waals surface area (Å²) in [5, 5.41) is 47.6. The van der Waals surface area contributed by atoms with Crippen molar-refractivity contribution in [2.75, 3.05) is 27.8 Å². The maximum Gasteiger partial charge on any atom is 0.147 e. The van der Waals surface area contributed by atoms with E-state index in [0.29, 0.717) is 57.4 Å². The number of phenolic OH excluding ortho intramolecular Hbond substituents is 4. The number of phenols is 4. The van der Waals surface area contributed by atoms with Crippen molar-refractivity contribution in [2.24, 2.45) is 10.7 Å². The van der Waals surface area contributed by atoms with Crippen molar-refractivity contribution in [3.63, 3.8) is 0 Å². The highest BCUT2D eigenvalue weighted by atomic mass is 16.3. The average Bonchev–Trinajstić information content (AvgIpc) is 3.11. The largest absolute Gasteiger partial charge is 0.507 e. The highest BCUT2D eigenvalue weighted by molar-refractivity contribution is 6.06. The molecule has 14 N–H and O–H groups in total. The molecule has 0 aliphatic heterocycles. The Bertz CT molecular complexity index is 1990. The molecule has 0 bridgehead atoms. The van der Waals surface area contributed by atoms with E-state index in [9.17, 15) is 20.4 Å². The number of nitrogens with two attached hydrogens (primary N) is 4. The number of benzene rings is 5. The van der Waals surface area contributed by atoms with Crippen molar-refractivity contribution in [3.05, 3.63) is 131 Å². The number of hydrogen-bond donors (Lipinski definition) is 10. The lowest BCUT2D eigenvalue weighted by Gasteiger charge is -2.15. The van der Waals surface area contributed by atoms with E-state index in [2.05, 4.69) is 15.6 Å². The molecule has 11 heteroatoms. The molecule has 1 aliphatic carbocycles. The van der Waals surface area contributed by atoms with Crippen LogP contribution in [0.3, 0.4) is 0 Å². The molecule has 0 unspecified atom stereocenters. The van der Waals surface area contributed by atoms with Crippen molar-refractivity contribution in [2.45, 2.75) is 26.3 Å². The number of nitrogen functional groups attached to an aromatic ring is 3. The van der Waals surface area contributed by atoms with Gasteiger partial charge in [-0.3, -0.25) is 0 Å². The number of rotatable bonds is 7. The van der Waals surface area contributed by atoms with Crippen LogP contribution >= 0.6 is 0 Å². The molecule has 5 aromatic rings. The first-order chi connectivity index (χ1) is 23.9. The van der Waals surface area contributed by atoms with E-state index in [4.69, 9.17) is 22.9 Å². The third-order valence-electron chi connectivity index (χ3n) is 8.06. The van der Waals surface area contributed by atoms with Crippen LogP contribution in [-0.2, 0) is 6.42 Å². The van der Waals surface area contributed by atoms with Crippen LogP contribution < -0.4 is 33.6 Å². The van der Waals surface area contributed by atoms with Crippen LogP contribution in [0, 0.1) is 13.8 Å². The Morgan fingerprint density at radius 3 is 1.54 bits per heavy atom. The van der Waals surface area contributed by atoms with E-state index in [1.807, 2.05) is 48.6 Å². The van der Waals surface area contributed by atoms with Crippen molar-refractivity contribution in [3.8, 4) is 23.0 Å². The molecule has 5 aromatic carbocycles. The van der Waals surface area contributed by atoms with Gasteiger partial charge in [-0.1, -0.05) is 24.3 Å². The quantitative estimate of drug-likeness (QED) is 0.0477. The SMILES string of the molecule is Cc1c(O)c(Cc2ccc(N)cc2)cc(Nc2ccc(N)cc2)c1O.Cc1c(O)c(N=C2C=CC(N)C=C2)cc(Nc2ccc(N)cc2)c1O. The maximum atomic E-state index is 10.4. The Morgan fingerprint density at radius 2 is 1.04 bits per heavy atom. The van der Waals surface area contributed by atoms with Gasteiger partial charge in [-0.15, -0.1) is 0 Å². The summed E-state index contributed by atoms with van der Waals surface area (Å²) in [6, 6.07) is 25.1. The van der Waals surface area contributed by atoms with Gasteiger partial charge >= 0.3 is 0 Å². The monoisotopic (exact) mass is 671 g/mol. The van der Waals surface area contributed by atoms with Gasteiger partial charge in [0.2, 0.25) is 0 Å². The van der Waals surface area contributed by atoms with Crippen molar-refractivity contribution in [1.29, 1.82) is 0 Å². The Balaban J connectivity index is 0.000000194. The van der Waals surface area contributed by atoms with E-state index >= 15 is 0 Å². The fourth-order valence-electron chi connectivity index (χ4n) is 5.11. The van der Waals surface area contributed by atoms with Crippen molar-refractivity contribution >= 4 is 51.2 Å². The summed E-state index contributed by atoms with van der Waals surface area (Å²) in [5.74, 6) is 0.0205. The van der Waals surface area contributed by atoms with Crippen molar-refractivity contribution < 1.29 is 20.4 Å². The van der Waals surface area contributed by atoms with Gasteiger partial charge in [-0.25, -0.2) is 4.99 Å². The van der Waals surface area contributed by atoms with E-state index in [1.165, 1.54) is 0 Å². The number of hydrogen-bond acceptors (Lipinski definition) is 11. The molecule has 256 valence electrons. The second kappa shape index (κ2) is 15.1. The van der Waals surface area contributed by atoms with E-state index in [-0.39, 0.29) is 29.0 Å². The lowest BCUT2D eigenvalue weighted by atomic mass is 9.99. The summed E-state index contributed by atoms with van der Waals surface area (Å²) >= 11 is 0. The van der Waals surface area contributed by atoms with Gasteiger partial charge in [0.15, 0.2) is 0 Å². The first kappa shape index (κ1) is 34.7. The number of allylic oxidation sites excluding steroid dienone is 2. The molecule has 0 fully saturated rings. The van der Waals surface area contributed by atoms with Crippen LogP contribution in [0.25, 0.3) is 0 Å². The van der Waals surface area contributed by atoms with Gasteiger partial charge in [0.25, 0.3) is 0 Å². The average molecular weight is 672 g/mol. The second-order valence-electron chi connectivity index (χ2n) is 11.9. The highest BCUT2D eigenvalue weighted by Crippen LogP contribution is 2.43. The van der Waals surface area contributed by atoms with E-state index in [1.54, 1.807) is 74.5 Å². The lowest BCUT2D eigenvalue weighted by Crippen LogP contribution is -2.16. The van der Waals surface area contributed by atoms with Crippen LogP contribution in [0.4, 0.5) is 45.5 Å². The summed E-state index contributed by atoms with van der Waals surface area (Å²) in [6.45, 7) is 3.32. The molecule has 0 radical (unpaired) electrons. The van der Waals surface area contributed by atoms with Crippen LogP contribution in [0.5, 0.6) is 23.0 Å². The molecule has 0 amide bonds. The zero-order valence-electron chi connectivity index (χ0n) is 27.7. The van der Waals surface area contributed by atoms with Crippen LogP contribution in [0.2, 0.25) is 0 Å². The molecule has 0 atom stereocenters. The summed E-state index contributed by atoms with van der Waals surface area (Å²) in [6.07, 6.45) is 7.75. The van der Waals surface area contributed by atoms with Gasteiger partial charge < -0.3 is 54.0 Å². The van der Waals surface area contributed by atoms with Gasteiger partial charge in [-0.05, 0) is 104 Å². The summed E-state index contributed by atoms with van der Waals surface area (Å²) < 4.78 is 0. The maximum absolute atomic E-state index is 10.4. The number of anilines is 7. The fourth-order valence-corrected chi connectivity index (χ4v) is 5.11. The number of aliphatic imine (C=N–C) groups is 1. The van der Waals surface area contributed by atoms with E-state index < -0.39 is 0 Å². The summed E-state index contributed by atoms with van der Waals surface area (Å²) in [4.78, 5) is 4.44. The Morgan fingerprint density at radius 1 is 0.600 bits per heavy atom. The van der Waals surface area contributed by atoms with Gasteiger partial charge in [0.05, 0.1) is 17.1 Å². The molecule has 0 saturated carbocycles. The van der Waals surface area contributed by atoms with Crippen LogP contribution in [-0.4, -0.2) is 32.2 Å². The number of aromatic hydroxyl groups is 4.